The van der Waals surface area contributed by atoms with E-state index in [2.05, 4.69) is 5.32 Å². The Morgan fingerprint density at radius 1 is 1.06 bits per heavy atom. The first-order chi connectivity index (χ1) is 16.8. The monoisotopic (exact) mass is 475 g/mol. The van der Waals surface area contributed by atoms with Gasteiger partial charge in [-0.25, -0.2) is 9.59 Å². The molecule has 9 heteroatoms. The lowest BCUT2D eigenvalue weighted by atomic mass is 9.98. The fourth-order valence-corrected chi connectivity index (χ4v) is 4.38. The van der Waals surface area contributed by atoms with E-state index in [1.807, 2.05) is 48.5 Å². The number of nitro benzene ring substituents is 1. The van der Waals surface area contributed by atoms with Crippen LogP contribution in [0.2, 0.25) is 0 Å². The number of carbonyl (C=O) groups is 2. The topological polar surface area (TPSA) is 122 Å². The molecule has 35 heavy (non-hydrogen) atoms. The third kappa shape index (κ3) is 4.93. The van der Waals surface area contributed by atoms with Crippen molar-refractivity contribution in [2.75, 3.05) is 25.6 Å². The van der Waals surface area contributed by atoms with Gasteiger partial charge in [-0.15, -0.1) is 0 Å². The Labute approximate surface area is 202 Å². The lowest BCUT2D eigenvalue weighted by molar-refractivity contribution is -0.385. The number of carboxylic acids is 1. The number of amides is 1. The van der Waals surface area contributed by atoms with Crippen LogP contribution in [-0.2, 0) is 16.0 Å². The van der Waals surface area contributed by atoms with Crippen molar-refractivity contribution in [1.82, 2.24) is 5.32 Å². The van der Waals surface area contributed by atoms with Crippen LogP contribution in [0.4, 0.5) is 16.2 Å². The summed E-state index contributed by atoms with van der Waals surface area (Å²) < 4.78 is 5.43. The first-order valence-corrected chi connectivity index (χ1v) is 11.0. The Bertz CT molecular complexity index is 1240. The van der Waals surface area contributed by atoms with E-state index in [4.69, 9.17) is 4.74 Å². The number of carboxylic acid groups (broad SMARTS) is 1. The summed E-state index contributed by atoms with van der Waals surface area (Å²) in [6.07, 6.45) is -1.16. The Hall–Kier alpha value is -4.40. The molecular formula is C26H25N3O6. The van der Waals surface area contributed by atoms with Gasteiger partial charge in [0.25, 0.3) is 5.69 Å². The van der Waals surface area contributed by atoms with Gasteiger partial charge in [-0.05, 0) is 28.3 Å². The molecule has 9 nitrogen and oxygen atoms in total. The molecule has 1 aliphatic carbocycles. The molecule has 0 saturated carbocycles. The maximum absolute atomic E-state index is 12.6. The van der Waals surface area contributed by atoms with E-state index in [1.165, 1.54) is 12.1 Å². The minimum absolute atomic E-state index is 0.0316. The highest BCUT2D eigenvalue weighted by Gasteiger charge is 2.30. The maximum atomic E-state index is 12.6. The van der Waals surface area contributed by atoms with Crippen molar-refractivity contribution in [3.63, 3.8) is 0 Å². The summed E-state index contributed by atoms with van der Waals surface area (Å²) in [4.78, 5) is 37.1. The molecule has 0 radical (unpaired) electrons. The van der Waals surface area contributed by atoms with Crippen LogP contribution in [-0.4, -0.2) is 48.8 Å². The number of hydrogen-bond acceptors (Lipinski definition) is 6. The Balaban J connectivity index is 1.46. The Morgan fingerprint density at radius 3 is 2.20 bits per heavy atom. The third-order valence-corrected chi connectivity index (χ3v) is 6.14. The quantitative estimate of drug-likeness (QED) is 0.370. The summed E-state index contributed by atoms with van der Waals surface area (Å²) in [6, 6.07) is 18.9. The Morgan fingerprint density at radius 2 is 1.66 bits per heavy atom. The molecule has 1 aliphatic rings. The molecule has 0 spiro atoms. The molecular weight excluding hydrogens is 450 g/mol. The van der Waals surface area contributed by atoms with E-state index in [-0.39, 0.29) is 30.2 Å². The fraction of sp³-hybridized carbons (Fsp3) is 0.231. The van der Waals surface area contributed by atoms with Crippen molar-refractivity contribution in [2.24, 2.45) is 0 Å². The minimum Gasteiger partial charge on any atom is -0.480 e. The average Bonchev–Trinajstić information content (AvgIpc) is 3.16. The van der Waals surface area contributed by atoms with Crippen LogP contribution in [0.5, 0.6) is 0 Å². The molecule has 180 valence electrons. The number of rotatable bonds is 8. The fourth-order valence-electron chi connectivity index (χ4n) is 4.38. The number of hydrogen-bond donors (Lipinski definition) is 2. The number of aliphatic carboxylic acids is 1. The highest BCUT2D eigenvalue weighted by atomic mass is 16.6. The second-order valence-electron chi connectivity index (χ2n) is 8.53. The van der Waals surface area contributed by atoms with E-state index >= 15 is 0 Å². The van der Waals surface area contributed by atoms with Crippen molar-refractivity contribution >= 4 is 23.4 Å². The number of benzene rings is 3. The number of anilines is 1. The van der Waals surface area contributed by atoms with Crippen LogP contribution in [0.3, 0.4) is 0 Å². The van der Waals surface area contributed by atoms with Crippen molar-refractivity contribution < 1.29 is 24.4 Å². The van der Waals surface area contributed by atoms with Gasteiger partial charge in [-0.2, -0.15) is 0 Å². The number of nitrogens with one attached hydrogen (secondary N) is 1. The zero-order valence-electron chi connectivity index (χ0n) is 19.3. The van der Waals surface area contributed by atoms with Crippen LogP contribution >= 0.6 is 0 Å². The molecule has 1 amide bonds. The minimum atomic E-state index is -1.39. The molecule has 3 aromatic rings. The average molecular weight is 476 g/mol. The van der Waals surface area contributed by atoms with Gasteiger partial charge < -0.3 is 20.1 Å². The highest BCUT2D eigenvalue weighted by Crippen LogP contribution is 2.44. The molecule has 4 rings (SSSR count). The van der Waals surface area contributed by atoms with E-state index < -0.39 is 23.0 Å². The van der Waals surface area contributed by atoms with Gasteiger partial charge in [0.2, 0.25) is 0 Å². The van der Waals surface area contributed by atoms with Crippen molar-refractivity contribution in [3.05, 3.63) is 93.5 Å². The van der Waals surface area contributed by atoms with Crippen LogP contribution in [0, 0.1) is 10.1 Å². The standard InChI is InChI=1S/C26H25N3O6/c1-28(2)17-12-11-16(24(14-17)29(33)34)13-23(25(30)31)27-26(32)35-15-22-20-9-5-3-7-18(20)19-8-4-6-10-21(19)22/h3-12,14,22-23H,13,15H2,1-2H3,(H,27,32)(H,30,31). The second-order valence-corrected chi connectivity index (χ2v) is 8.53. The normalized spacial score (nSPS) is 12.9. The maximum Gasteiger partial charge on any atom is 0.407 e. The van der Waals surface area contributed by atoms with Crippen LogP contribution in [0.15, 0.2) is 66.7 Å². The van der Waals surface area contributed by atoms with Crippen molar-refractivity contribution in [3.8, 4) is 11.1 Å². The van der Waals surface area contributed by atoms with Gasteiger partial charge >= 0.3 is 12.1 Å². The number of fused-ring (bicyclic) bond motifs is 3. The number of carbonyl (C=O) groups excluding carboxylic acids is 1. The summed E-state index contributed by atoms with van der Waals surface area (Å²) in [6.45, 7) is 0.0316. The third-order valence-electron chi connectivity index (χ3n) is 6.14. The van der Waals surface area contributed by atoms with Gasteiger partial charge in [0.05, 0.1) is 4.92 Å². The number of alkyl carbamates (subject to hydrolysis) is 1. The number of nitrogens with zero attached hydrogens (tertiary/aromatic N) is 2. The summed E-state index contributed by atoms with van der Waals surface area (Å²) in [7, 11) is 3.50. The van der Waals surface area contributed by atoms with Gasteiger partial charge in [0.1, 0.15) is 12.6 Å². The zero-order chi connectivity index (χ0) is 25.1. The predicted molar refractivity (Wildman–Crippen MR) is 131 cm³/mol. The van der Waals surface area contributed by atoms with Gasteiger partial charge in [0.15, 0.2) is 0 Å². The number of ether oxygens (including phenoxy) is 1. The summed E-state index contributed by atoms with van der Waals surface area (Å²) >= 11 is 0. The van der Waals surface area contributed by atoms with Crippen LogP contribution < -0.4 is 10.2 Å². The van der Waals surface area contributed by atoms with Crippen LogP contribution in [0.25, 0.3) is 11.1 Å². The summed E-state index contributed by atoms with van der Waals surface area (Å²) in [5, 5.41) is 23.5. The SMILES string of the molecule is CN(C)c1ccc(CC(NC(=O)OCC2c3ccccc3-c3ccccc32)C(=O)O)c([N+](=O)[O-])c1. The van der Waals surface area contributed by atoms with E-state index in [0.717, 1.165) is 22.3 Å². The molecule has 3 aromatic carbocycles. The van der Waals surface area contributed by atoms with Gasteiger partial charge in [-0.1, -0.05) is 54.6 Å². The van der Waals surface area contributed by atoms with E-state index in [9.17, 15) is 24.8 Å². The lowest BCUT2D eigenvalue weighted by Crippen LogP contribution is -2.43. The largest absolute Gasteiger partial charge is 0.480 e. The van der Waals surface area contributed by atoms with Crippen molar-refractivity contribution in [2.45, 2.75) is 18.4 Å². The first-order valence-electron chi connectivity index (χ1n) is 11.0. The summed E-state index contributed by atoms with van der Waals surface area (Å²) in [5.41, 5.74) is 4.82. The molecule has 0 saturated heterocycles. The molecule has 0 heterocycles. The predicted octanol–water partition coefficient (Wildman–Crippen LogP) is 4.20. The zero-order valence-corrected chi connectivity index (χ0v) is 19.3. The summed E-state index contributed by atoms with van der Waals surface area (Å²) in [5.74, 6) is -1.49. The second kappa shape index (κ2) is 9.84. The lowest BCUT2D eigenvalue weighted by Gasteiger charge is -2.18. The Kier molecular flexibility index (Phi) is 6.68. The molecule has 0 aromatic heterocycles. The van der Waals surface area contributed by atoms with Crippen molar-refractivity contribution in [1.29, 1.82) is 0 Å². The molecule has 0 aliphatic heterocycles. The first kappa shape index (κ1) is 23.7. The van der Waals surface area contributed by atoms with Crippen LogP contribution in [0.1, 0.15) is 22.6 Å². The molecule has 1 atom stereocenters. The highest BCUT2D eigenvalue weighted by molar-refractivity contribution is 5.81. The van der Waals surface area contributed by atoms with E-state index in [0.29, 0.717) is 5.69 Å². The molecule has 0 bridgehead atoms. The van der Waals surface area contributed by atoms with E-state index in [1.54, 1.807) is 25.1 Å². The molecule has 2 N–H and O–H groups in total. The molecule has 1 unspecified atom stereocenters. The number of nitro groups is 1. The smallest absolute Gasteiger partial charge is 0.407 e. The van der Waals surface area contributed by atoms with Gasteiger partial charge in [-0.3, -0.25) is 10.1 Å². The van der Waals surface area contributed by atoms with Gasteiger partial charge in [0, 0.05) is 43.8 Å². The molecule has 0 fully saturated rings.